The summed E-state index contributed by atoms with van der Waals surface area (Å²) in [4.78, 5) is 25.8. The number of piperazine rings is 1. The zero-order valence-corrected chi connectivity index (χ0v) is 20.7. The molecule has 3 N–H and O–H groups in total. The van der Waals surface area contributed by atoms with Gasteiger partial charge in [0.1, 0.15) is 12.0 Å². The van der Waals surface area contributed by atoms with Gasteiger partial charge in [0, 0.05) is 54.7 Å². The number of hydrogen-bond donors (Lipinski definition) is 2. The lowest BCUT2D eigenvalue weighted by Gasteiger charge is -2.38. The van der Waals surface area contributed by atoms with Gasteiger partial charge in [0.05, 0.1) is 12.7 Å². The summed E-state index contributed by atoms with van der Waals surface area (Å²) in [5.74, 6) is -0.179. The van der Waals surface area contributed by atoms with Crippen molar-refractivity contribution in [2.45, 2.75) is 13.3 Å². The first-order valence-electron chi connectivity index (χ1n) is 11.3. The Labute approximate surface area is 210 Å². The summed E-state index contributed by atoms with van der Waals surface area (Å²) in [7, 11) is 1.62. The van der Waals surface area contributed by atoms with Crippen molar-refractivity contribution in [2.75, 3.05) is 48.8 Å². The number of hydrogen-bond acceptors (Lipinski definition) is 6. The quantitative estimate of drug-likeness (QED) is 0.378. The number of aromatic carboxylic acids is 1. The zero-order valence-electron chi connectivity index (χ0n) is 19.9. The predicted molar refractivity (Wildman–Crippen MR) is 141 cm³/mol. The van der Waals surface area contributed by atoms with Gasteiger partial charge in [0.15, 0.2) is 0 Å². The number of nitrogens with two attached hydrogens (primary N) is 1. The van der Waals surface area contributed by atoms with Crippen LogP contribution in [0.5, 0.6) is 5.75 Å². The number of aryl methyl sites for hydroxylation is 1. The number of carbonyl (C=O) groups excluding carboxylic acids is 1. The van der Waals surface area contributed by atoms with E-state index >= 15 is 0 Å². The number of carboxylic acid groups (broad SMARTS) is 1. The molecule has 1 aliphatic rings. The minimum Gasteiger partial charge on any atom is -0.497 e. The number of rotatable bonds is 6. The monoisotopic (exact) mass is 495 g/mol. The van der Waals surface area contributed by atoms with Crippen molar-refractivity contribution in [2.24, 2.45) is 0 Å². The van der Waals surface area contributed by atoms with Gasteiger partial charge >= 0.3 is 5.97 Å². The topological polar surface area (TPSA) is 96.1 Å². The molecule has 0 atom stereocenters. The Kier molecular flexibility index (Phi) is 8.98. The molecule has 1 fully saturated rings. The van der Waals surface area contributed by atoms with Crippen LogP contribution in [0.1, 0.15) is 21.5 Å². The van der Waals surface area contributed by atoms with E-state index in [1.54, 1.807) is 19.2 Å². The predicted octanol–water partition coefficient (Wildman–Crippen LogP) is 4.69. The molecule has 184 valence electrons. The molecule has 0 amide bonds. The first-order valence-corrected chi connectivity index (χ1v) is 11.7. The van der Waals surface area contributed by atoms with E-state index in [4.69, 9.17) is 22.1 Å². The lowest BCUT2D eigenvalue weighted by molar-refractivity contribution is -0.107. The van der Waals surface area contributed by atoms with Gasteiger partial charge in [-0.05, 0) is 60.5 Å². The SMILES string of the molecule is COc1ccc(CC=O)cc1.Cc1ccc(Cl)cc1N1CCN(c2ccc(N)c(C(=O)O)c2)CC1. The summed E-state index contributed by atoms with van der Waals surface area (Å²) >= 11 is 6.12. The van der Waals surface area contributed by atoms with Crippen LogP contribution < -0.4 is 20.3 Å². The van der Waals surface area contributed by atoms with Crippen LogP contribution in [0.3, 0.4) is 0 Å². The van der Waals surface area contributed by atoms with Crippen LogP contribution in [0, 0.1) is 6.92 Å². The van der Waals surface area contributed by atoms with E-state index in [9.17, 15) is 14.7 Å². The van der Waals surface area contributed by atoms with Crippen LogP contribution >= 0.6 is 11.6 Å². The number of nitrogens with zero attached hydrogens (tertiary/aromatic N) is 2. The molecule has 3 aromatic rings. The number of halogens is 1. The minimum atomic E-state index is -0.998. The molecule has 1 heterocycles. The summed E-state index contributed by atoms with van der Waals surface area (Å²) < 4.78 is 4.96. The number of benzene rings is 3. The second-order valence-corrected chi connectivity index (χ2v) is 8.64. The van der Waals surface area contributed by atoms with E-state index in [-0.39, 0.29) is 5.56 Å². The van der Waals surface area contributed by atoms with Crippen molar-refractivity contribution in [3.05, 3.63) is 82.4 Å². The Hall–Kier alpha value is -3.71. The maximum Gasteiger partial charge on any atom is 0.337 e. The highest BCUT2D eigenvalue weighted by molar-refractivity contribution is 6.30. The van der Waals surface area contributed by atoms with Crippen molar-refractivity contribution in [1.29, 1.82) is 0 Å². The van der Waals surface area contributed by atoms with Crippen LogP contribution in [-0.4, -0.2) is 50.7 Å². The molecule has 0 saturated carbocycles. The van der Waals surface area contributed by atoms with Gasteiger partial charge in [0.25, 0.3) is 0 Å². The molecule has 0 bridgehead atoms. The Morgan fingerprint density at radius 2 is 1.69 bits per heavy atom. The number of aldehydes is 1. The molecule has 3 aromatic carbocycles. The van der Waals surface area contributed by atoms with Crippen LogP contribution in [0.2, 0.25) is 5.02 Å². The van der Waals surface area contributed by atoms with E-state index < -0.39 is 5.97 Å². The van der Waals surface area contributed by atoms with Gasteiger partial charge < -0.3 is 30.2 Å². The molecular weight excluding hydrogens is 466 g/mol. The van der Waals surface area contributed by atoms with E-state index in [1.165, 1.54) is 5.56 Å². The number of nitrogen functional groups attached to an aromatic ring is 1. The zero-order chi connectivity index (χ0) is 25.4. The number of carboxylic acids is 1. The van der Waals surface area contributed by atoms with E-state index in [2.05, 4.69) is 16.7 Å². The second kappa shape index (κ2) is 12.1. The van der Waals surface area contributed by atoms with Crippen LogP contribution in [0.25, 0.3) is 0 Å². The molecular formula is C27H30ClN3O4. The van der Waals surface area contributed by atoms with Crippen LogP contribution in [0.4, 0.5) is 17.1 Å². The Morgan fingerprint density at radius 1 is 1.03 bits per heavy atom. The molecule has 7 nitrogen and oxygen atoms in total. The summed E-state index contributed by atoms with van der Waals surface area (Å²) in [5.41, 5.74) is 10.4. The maximum atomic E-state index is 11.2. The molecule has 0 unspecified atom stereocenters. The minimum absolute atomic E-state index is 0.153. The van der Waals surface area contributed by atoms with Gasteiger partial charge in [0.2, 0.25) is 0 Å². The molecule has 0 radical (unpaired) electrons. The smallest absolute Gasteiger partial charge is 0.337 e. The van der Waals surface area contributed by atoms with E-state index in [1.807, 2.05) is 48.5 Å². The fourth-order valence-electron chi connectivity index (χ4n) is 3.91. The third-order valence-corrected chi connectivity index (χ3v) is 6.14. The number of methoxy groups -OCH3 is 1. The highest BCUT2D eigenvalue weighted by Gasteiger charge is 2.20. The lowest BCUT2D eigenvalue weighted by atomic mass is 10.1. The van der Waals surface area contributed by atoms with Crippen molar-refractivity contribution >= 4 is 40.9 Å². The van der Waals surface area contributed by atoms with E-state index in [0.29, 0.717) is 12.1 Å². The highest BCUT2D eigenvalue weighted by atomic mass is 35.5. The average Bonchev–Trinajstić information content (AvgIpc) is 2.87. The first kappa shape index (κ1) is 25.9. The maximum absolute atomic E-state index is 11.2. The van der Waals surface area contributed by atoms with Crippen molar-refractivity contribution in [3.8, 4) is 5.75 Å². The summed E-state index contributed by atoms with van der Waals surface area (Å²) in [6.07, 6.45) is 1.37. The van der Waals surface area contributed by atoms with Crippen LogP contribution in [-0.2, 0) is 11.2 Å². The standard InChI is InChI=1S/C18H20ClN3O2.C9H10O2/c1-12-2-3-13(19)10-17(12)22-8-6-21(7-9-22)14-4-5-16(20)15(11-14)18(23)24;1-11-9-4-2-8(3-5-9)6-7-10/h2-5,10-11H,6-9,20H2,1H3,(H,23,24);2-5,7H,6H2,1H3. The third-order valence-electron chi connectivity index (χ3n) is 5.90. The summed E-state index contributed by atoms with van der Waals surface area (Å²) in [5, 5.41) is 9.96. The van der Waals surface area contributed by atoms with Crippen molar-refractivity contribution in [3.63, 3.8) is 0 Å². The van der Waals surface area contributed by atoms with E-state index in [0.717, 1.165) is 60.2 Å². The van der Waals surface area contributed by atoms with Crippen LogP contribution in [0.15, 0.2) is 60.7 Å². The lowest BCUT2D eigenvalue weighted by Crippen LogP contribution is -2.46. The van der Waals surface area contributed by atoms with Crippen molar-refractivity contribution < 1.29 is 19.4 Å². The molecule has 35 heavy (non-hydrogen) atoms. The van der Waals surface area contributed by atoms with Gasteiger partial charge in [-0.3, -0.25) is 0 Å². The summed E-state index contributed by atoms with van der Waals surface area (Å²) in [6.45, 7) is 5.42. The molecule has 0 spiro atoms. The number of carbonyl (C=O) groups is 2. The highest BCUT2D eigenvalue weighted by Crippen LogP contribution is 2.27. The average molecular weight is 496 g/mol. The molecule has 0 aliphatic carbocycles. The van der Waals surface area contributed by atoms with Gasteiger partial charge in [-0.25, -0.2) is 4.79 Å². The fraction of sp³-hybridized carbons (Fsp3) is 0.259. The third kappa shape index (κ3) is 6.90. The molecule has 0 aromatic heterocycles. The largest absolute Gasteiger partial charge is 0.497 e. The first-order chi connectivity index (χ1) is 16.8. The fourth-order valence-corrected chi connectivity index (χ4v) is 4.08. The summed E-state index contributed by atoms with van der Waals surface area (Å²) in [6, 6.07) is 18.6. The molecule has 4 rings (SSSR count). The number of anilines is 3. The number of ether oxygens (including phenoxy) is 1. The second-order valence-electron chi connectivity index (χ2n) is 8.20. The molecule has 8 heteroatoms. The Morgan fingerprint density at radius 3 is 2.29 bits per heavy atom. The van der Waals surface area contributed by atoms with Gasteiger partial charge in [-0.15, -0.1) is 0 Å². The van der Waals surface area contributed by atoms with Gasteiger partial charge in [-0.2, -0.15) is 0 Å². The Bertz CT molecular complexity index is 1160. The normalized spacial score (nSPS) is 13.0. The molecule has 1 aliphatic heterocycles. The molecule has 1 saturated heterocycles. The Balaban J connectivity index is 0.000000261. The van der Waals surface area contributed by atoms with Gasteiger partial charge in [-0.1, -0.05) is 29.8 Å². The van der Waals surface area contributed by atoms with Crippen molar-refractivity contribution in [1.82, 2.24) is 0 Å².